The summed E-state index contributed by atoms with van der Waals surface area (Å²) in [5, 5.41) is 1.68. The number of fused-ring (bicyclic) bond motifs is 2. The molecule has 154 valence electrons. The summed E-state index contributed by atoms with van der Waals surface area (Å²) in [6, 6.07) is 12.9. The Morgan fingerprint density at radius 1 is 1.03 bits per heavy atom. The molecule has 30 heavy (non-hydrogen) atoms. The Kier molecular flexibility index (Phi) is 4.98. The van der Waals surface area contributed by atoms with Gasteiger partial charge in [0.2, 0.25) is 0 Å². The van der Waals surface area contributed by atoms with Crippen LogP contribution in [-0.4, -0.2) is 14.5 Å². The fourth-order valence-corrected chi connectivity index (χ4v) is 5.40. The molecule has 0 N–H and O–H groups in total. The second kappa shape index (κ2) is 7.66. The molecule has 1 saturated carbocycles. The van der Waals surface area contributed by atoms with Gasteiger partial charge in [-0.3, -0.25) is 4.98 Å². The predicted molar refractivity (Wildman–Crippen MR) is 121 cm³/mol. The van der Waals surface area contributed by atoms with E-state index in [-0.39, 0.29) is 5.82 Å². The minimum atomic E-state index is -0.194. The molecule has 0 radical (unpaired) electrons. The van der Waals surface area contributed by atoms with Crippen LogP contribution in [0, 0.1) is 11.7 Å². The van der Waals surface area contributed by atoms with Crippen molar-refractivity contribution in [3.63, 3.8) is 0 Å². The Morgan fingerprint density at radius 2 is 1.83 bits per heavy atom. The molecule has 1 atom stereocenters. The zero-order valence-electron chi connectivity index (χ0n) is 17.3. The van der Waals surface area contributed by atoms with Crippen molar-refractivity contribution in [1.29, 1.82) is 0 Å². The van der Waals surface area contributed by atoms with E-state index in [0.717, 1.165) is 58.5 Å². The molecule has 4 aromatic rings. The summed E-state index contributed by atoms with van der Waals surface area (Å²) in [4.78, 5) is 9.31. The topological polar surface area (TPSA) is 30.7 Å². The van der Waals surface area contributed by atoms with Gasteiger partial charge in [-0.2, -0.15) is 0 Å². The van der Waals surface area contributed by atoms with E-state index >= 15 is 0 Å². The van der Waals surface area contributed by atoms with Gasteiger partial charge in [-0.15, -0.1) is 0 Å². The summed E-state index contributed by atoms with van der Waals surface area (Å²) >= 11 is 6.16. The van der Waals surface area contributed by atoms with Crippen molar-refractivity contribution >= 4 is 33.5 Å². The maximum Gasteiger partial charge on any atom is 0.123 e. The lowest BCUT2D eigenvalue weighted by atomic mass is 9.73. The Hall–Kier alpha value is -2.46. The highest BCUT2D eigenvalue weighted by Gasteiger charge is 2.30. The molecule has 1 aliphatic carbocycles. The highest BCUT2D eigenvalue weighted by Crippen LogP contribution is 2.43. The molecule has 5 heteroatoms. The highest BCUT2D eigenvalue weighted by molar-refractivity contribution is 6.31. The van der Waals surface area contributed by atoms with Crippen LogP contribution in [0.15, 0.2) is 48.7 Å². The van der Waals surface area contributed by atoms with Gasteiger partial charge in [0.15, 0.2) is 0 Å². The second-order valence-electron chi connectivity index (χ2n) is 8.62. The number of hydrogen-bond donors (Lipinski definition) is 0. The first-order valence-electron chi connectivity index (χ1n) is 10.7. The Balaban J connectivity index is 1.36. The maximum absolute atomic E-state index is 13.8. The fourth-order valence-electron chi connectivity index (χ4n) is 5.24. The molecule has 0 aliphatic heterocycles. The number of aromatic nitrogens is 3. The molecule has 2 aromatic heterocycles. The summed E-state index contributed by atoms with van der Waals surface area (Å²) in [6.45, 7) is 2.30. The van der Waals surface area contributed by atoms with Crippen molar-refractivity contribution in [2.45, 2.75) is 44.4 Å². The molecule has 1 aliphatic rings. The first-order valence-corrected chi connectivity index (χ1v) is 11.0. The third-order valence-electron chi connectivity index (χ3n) is 6.94. The second-order valence-corrected chi connectivity index (χ2v) is 9.06. The first-order chi connectivity index (χ1) is 14.5. The predicted octanol–water partition coefficient (Wildman–Crippen LogP) is 6.99. The van der Waals surface area contributed by atoms with Crippen LogP contribution in [0.2, 0.25) is 5.02 Å². The standard InChI is InChI=1S/C25H25ClFN3/c1-15(25-29-23-13-18(26)7-10-24(23)30(25)2)16-3-5-17(6-4-16)20-11-12-28-22-9-8-19(27)14-21(20)22/h7-17H,3-6H2,1-2H3/t15-,16?,17?/m0/s1. The van der Waals surface area contributed by atoms with Crippen LogP contribution in [0.1, 0.15) is 55.8 Å². The smallest absolute Gasteiger partial charge is 0.123 e. The van der Waals surface area contributed by atoms with E-state index < -0.39 is 0 Å². The van der Waals surface area contributed by atoms with Crippen LogP contribution in [0.25, 0.3) is 21.9 Å². The normalized spacial score (nSPS) is 20.7. The largest absolute Gasteiger partial charge is 0.331 e. The summed E-state index contributed by atoms with van der Waals surface area (Å²) in [6.07, 6.45) is 6.37. The molecule has 0 saturated heterocycles. The number of benzene rings is 2. The van der Waals surface area contributed by atoms with Gasteiger partial charge < -0.3 is 4.57 Å². The lowest BCUT2D eigenvalue weighted by Crippen LogP contribution is -2.20. The number of pyridine rings is 1. The van der Waals surface area contributed by atoms with Gasteiger partial charge in [0.25, 0.3) is 0 Å². The van der Waals surface area contributed by atoms with Gasteiger partial charge in [-0.25, -0.2) is 9.37 Å². The Bertz CT molecular complexity index is 1220. The monoisotopic (exact) mass is 421 g/mol. The highest BCUT2D eigenvalue weighted by atomic mass is 35.5. The summed E-state index contributed by atoms with van der Waals surface area (Å²) in [5.74, 6) is 2.37. The van der Waals surface area contributed by atoms with Crippen LogP contribution in [-0.2, 0) is 7.05 Å². The third-order valence-corrected chi connectivity index (χ3v) is 7.18. The first kappa shape index (κ1) is 19.5. The zero-order valence-corrected chi connectivity index (χ0v) is 18.0. The molecule has 0 amide bonds. The van der Waals surface area contributed by atoms with E-state index in [1.54, 1.807) is 12.1 Å². The van der Waals surface area contributed by atoms with Gasteiger partial charge in [-0.05, 0) is 85.5 Å². The van der Waals surface area contributed by atoms with E-state index in [0.29, 0.717) is 17.8 Å². The third kappa shape index (κ3) is 3.37. The molecule has 3 nitrogen and oxygen atoms in total. The van der Waals surface area contributed by atoms with E-state index in [1.165, 1.54) is 11.6 Å². The number of nitrogens with zero attached hydrogens (tertiary/aromatic N) is 3. The molecular formula is C25H25ClFN3. The van der Waals surface area contributed by atoms with Crippen molar-refractivity contribution in [2.75, 3.05) is 0 Å². The van der Waals surface area contributed by atoms with Crippen LogP contribution in [0.3, 0.4) is 0 Å². The average molecular weight is 422 g/mol. The number of imidazole rings is 1. The van der Waals surface area contributed by atoms with Crippen LogP contribution >= 0.6 is 11.6 Å². The zero-order chi connectivity index (χ0) is 20.8. The summed E-state index contributed by atoms with van der Waals surface area (Å²) < 4.78 is 16.1. The SMILES string of the molecule is C[C@H](c1nc2cc(Cl)ccc2n1C)C1CCC(c2ccnc3ccc(F)cc23)CC1. The average Bonchev–Trinajstić information content (AvgIpc) is 3.08. The molecular weight excluding hydrogens is 397 g/mol. The summed E-state index contributed by atoms with van der Waals surface area (Å²) in [7, 11) is 2.10. The van der Waals surface area contributed by atoms with E-state index in [4.69, 9.17) is 16.6 Å². The van der Waals surface area contributed by atoms with Crippen molar-refractivity contribution in [2.24, 2.45) is 13.0 Å². The van der Waals surface area contributed by atoms with Crippen molar-refractivity contribution in [3.8, 4) is 0 Å². The van der Waals surface area contributed by atoms with E-state index in [9.17, 15) is 4.39 Å². The minimum Gasteiger partial charge on any atom is -0.331 e. The van der Waals surface area contributed by atoms with Crippen molar-refractivity contribution in [1.82, 2.24) is 14.5 Å². The molecule has 2 aromatic carbocycles. The molecule has 1 fully saturated rings. The van der Waals surface area contributed by atoms with Gasteiger partial charge in [0.1, 0.15) is 11.6 Å². The lowest BCUT2D eigenvalue weighted by Gasteiger charge is -2.32. The fraction of sp³-hybridized carbons (Fsp3) is 0.360. The Labute approximate surface area is 180 Å². The minimum absolute atomic E-state index is 0.194. The quantitative estimate of drug-likeness (QED) is 0.356. The van der Waals surface area contributed by atoms with Gasteiger partial charge >= 0.3 is 0 Å². The van der Waals surface area contributed by atoms with E-state index in [1.807, 2.05) is 24.4 Å². The van der Waals surface area contributed by atoms with Gasteiger partial charge in [0, 0.05) is 29.6 Å². The van der Waals surface area contributed by atoms with Crippen molar-refractivity contribution in [3.05, 3.63) is 70.9 Å². The number of hydrogen-bond acceptors (Lipinski definition) is 2. The number of aryl methyl sites for hydroxylation is 1. The lowest BCUT2D eigenvalue weighted by molar-refractivity contribution is 0.283. The van der Waals surface area contributed by atoms with Gasteiger partial charge in [0.05, 0.1) is 16.6 Å². The van der Waals surface area contributed by atoms with E-state index in [2.05, 4.69) is 29.6 Å². The number of halogens is 2. The number of rotatable bonds is 3. The van der Waals surface area contributed by atoms with Crippen LogP contribution in [0.4, 0.5) is 4.39 Å². The van der Waals surface area contributed by atoms with Crippen molar-refractivity contribution < 1.29 is 4.39 Å². The molecule has 2 heterocycles. The summed E-state index contributed by atoms with van der Waals surface area (Å²) in [5.41, 5.74) is 4.21. The maximum atomic E-state index is 13.8. The van der Waals surface area contributed by atoms with Crippen LogP contribution < -0.4 is 0 Å². The molecule has 0 unspecified atom stereocenters. The molecule has 5 rings (SSSR count). The Morgan fingerprint density at radius 3 is 2.63 bits per heavy atom. The van der Waals surface area contributed by atoms with Gasteiger partial charge in [-0.1, -0.05) is 18.5 Å². The van der Waals surface area contributed by atoms with Crippen LogP contribution in [0.5, 0.6) is 0 Å². The molecule has 0 bridgehead atoms. The molecule has 0 spiro atoms.